The molecule has 0 spiro atoms. The van der Waals surface area contributed by atoms with E-state index in [0.29, 0.717) is 5.56 Å². The number of hydrogen-bond donors (Lipinski definition) is 0. The Kier molecular flexibility index (Phi) is 6.87. The standard InChI is InChI=1S/C49H31N3/c50-32-33-12-11-13-34(26-33)37-27-38(35-22-24-48-44(30-35)42-18-7-9-20-46(42)51(48)40-14-3-1-4-15-40)29-39(28-37)36-23-25-49-45(31-36)43-19-8-10-21-47(43)52(49)41-16-5-2-6-17-41/h1-31H. The molecule has 0 fully saturated rings. The molecule has 0 aliphatic rings. The fourth-order valence-corrected chi connectivity index (χ4v) is 7.91. The molecule has 8 aromatic carbocycles. The molecule has 0 atom stereocenters. The number of fused-ring (bicyclic) bond motifs is 6. The van der Waals surface area contributed by atoms with Crippen molar-refractivity contribution < 1.29 is 0 Å². The molecule has 2 aromatic heterocycles. The minimum Gasteiger partial charge on any atom is -0.309 e. The molecular weight excluding hydrogens is 631 g/mol. The van der Waals surface area contributed by atoms with Crippen molar-refractivity contribution in [3.63, 3.8) is 0 Å². The second-order valence-electron chi connectivity index (χ2n) is 13.3. The Labute approximate surface area is 301 Å². The second kappa shape index (κ2) is 12.0. The summed E-state index contributed by atoms with van der Waals surface area (Å²) in [5.74, 6) is 0. The molecule has 10 rings (SSSR count). The fraction of sp³-hybridized carbons (Fsp3) is 0. The predicted molar refractivity (Wildman–Crippen MR) is 216 cm³/mol. The van der Waals surface area contributed by atoms with Crippen molar-refractivity contribution in [3.05, 3.63) is 194 Å². The summed E-state index contributed by atoms with van der Waals surface area (Å²) >= 11 is 0. The maximum Gasteiger partial charge on any atom is 0.0991 e. The van der Waals surface area contributed by atoms with Gasteiger partial charge in [0.15, 0.2) is 0 Å². The lowest BCUT2D eigenvalue weighted by atomic mass is 9.92. The molecule has 10 aromatic rings. The Morgan fingerprint density at radius 1 is 0.308 bits per heavy atom. The van der Waals surface area contributed by atoms with E-state index in [2.05, 4.69) is 185 Å². The van der Waals surface area contributed by atoms with Crippen molar-refractivity contribution in [2.24, 2.45) is 0 Å². The normalized spacial score (nSPS) is 11.4. The van der Waals surface area contributed by atoms with E-state index >= 15 is 0 Å². The summed E-state index contributed by atoms with van der Waals surface area (Å²) in [6, 6.07) is 69.2. The summed E-state index contributed by atoms with van der Waals surface area (Å²) in [6.07, 6.45) is 0. The predicted octanol–water partition coefficient (Wildman–Crippen LogP) is 12.8. The third-order valence-corrected chi connectivity index (χ3v) is 10.3. The van der Waals surface area contributed by atoms with Crippen LogP contribution in [0.2, 0.25) is 0 Å². The minimum absolute atomic E-state index is 0.648. The van der Waals surface area contributed by atoms with Crippen molar-refractivity contribution in [3.8, 4) is 50.8 Å². The molecular formula is C49H31N3. The zero-order valence-electron chi connectivity index (χ0n) is 28.2. The van der Waals surface area contributed by atoms with Gasteiger partial charge in [-0.1, -0.05) is 97.1 Å². The van der Waals surface area contributed by atoms with Crippen molar-refractivity contribution in [2.45, 2.75) is 0 Å². The Morgan fingerprint density at radius 2 is 0.731 bits per heavy atom. The maximum atomic E-state index is 9.76. The van der Waals surface area contributed by atoms with E-state index in [1.807, 2.05) is 18.2 Å². The number of hydrogen-bond acceptors (Lipinski definition) is 1. The van der Waals surface area contributed by atoms with Crippen LogP contribution in [0.15, 0.2) is 188 Å². The lowest BCUT2D eigenvalue weighted by Crippen LogP contribution is -1.93. The van der Waals surface area contributed by atoms with E-state index in [1.54, 1.807) is 0 Å². The van der Waals surface area contributed by atoms with Gasteiger partial charge in [-0.3, -0.25) is 0 Å². The van der Waals surface area contributed by atoms with Gasteiger partial charge in [-0.25, -0.2) is 0 Å². The largest absolute Gasteiger partial charge is 0.309 e. The van der Waals surface area contributed by atoms with E-state index in [1.165, 1.54) is 43.6 Å². The van der Waals surface area contributed by atoms with Crippen molar-refractivity contribution in [1.82, 2.24) is 9.13 Å². The molecule has 0 aliphatic carbocycles. The molecule has 0 N–H and O–H groups in total. The molecule has 0 radical (unpaired) electrons. The summed E-state index contributed by atoms with van der Waals surface area (Å²) in [5, 5.41) is 14.6. The Hall–Kier alpha value is -7.15. The van der Waals surface area contributed by atoms with Crippen LogP contribution in [0.25, 0.3) is 88.4 Å². The molecule has 0 saturated heterocycles. The average molecular weight is 662 g/mol. The molecule has 0 aliphatic heterocycles. The first-order valence-corrected chi connectivity index (χ1v) is 17.6. The Bertz CT molecular complexity index is 2840. The zero-order chi connectivity index (χ0) is 34.6. The minimum atomic E-state index is 0.648. The highest BCUT2D eigenvalue weighted by Crippen LogP contribution is 2.40. The van der Waals surface area contributed by atoms with Gasteiger partial charge in [-0.2, -0.15) is 5.26 Å². The highest BCUT2D eigenvalue weighted by atomic mass is 15.0. The monoisotopic (exact) mass is 661 g/mol. The van der Waals surface area contributed by atoms with Crippen LogP contribution in [0.5, 0.6) is 0 Å². The second-order valence-corrected chi connectivity index (χ2v) is 13.3. The Balaban J connectivity index is 1.19. The molecule has 2 heterocycles. The number of rotatable bonds is 5. The molecule has 0 bridgehead atoms. The van der Waals surface area contributed by atoms with Crippen LogP contribution >= 0.6 is 0 Å². The van der Waals surface area contributed by atoms with Gasteiger partial charge < -0.3 is 9.13 Å². The third kappa shape index (κ3) is 4.81. The molecule has 52 heavy (non-hydrogen) atoms. The van der Waals surface area contributed by atoms with Crippen LogP contribution in [-0.2, 0) is 0 Å². The van der Waals surface area contributed by atoms with E-state index in [0.717, 1.165) is 44.8 Å². The summed E-state index contributed by atoms with van der Waals surface area (Å²) in [7, 11) is 0. The molecule has 0 unspecified atom stereocenters. The van der Waals surface area contributed by atoms with Crippen LogP contribution in [-0.4, -0.2) is 9.13 Å². The number of nitrogens with zero attached hydrogens (tertiary/aromatic N) is 3. The molecule has 0 saturated carbocycles. The van der Waals surface area contributed by atoms with Crippen LogP contribution in [0, 0.1) is 11.3 Å². The first kappa shape index (κ1) is 29.7. The summed E-state index contributed by atoms with van der Waals surface area (Å²) in [6.45, 7) is 0. The van der Waals surface area contributed by atoms with Gasteiger partial charge in [0, 0.05) is 32.9 Å². The number of nitriles is 1. The van der Waals surface area contributed by atoms with Gasteiger partial charge in [0.2, 0.25) is 0 Å². The van der Waals surface area contributed by atoms with Gasteiger partial charge >= 0.3 is 0 Å². The van der Waals surface area contributed by atoms with Crippen molar-refractivity contribution in [1.29, 1.82) is 5.26 Å². The van der Waals surface area contributed by atoms with Gasteiger partial charge in [-0.05, 0) is 124 Å². The fourth-order valence-electron chi connectivity index (χ4n) is 7.91. The number of aromatic nitrogens is 2. The summed E-state index contributed by atoms with van der Waals surface area (Å²) < 4.78 is 4.70. The average Bonchev–Trinajstić information content (AvgIpc) is 3.73. The third-order valence-electron chi connectivity index (χ3n) is 10.3. The zero-order valence-corrected chi connectivity index (χ0v) is 28.2. The van der Waals surface area contributed by atoms with Crippen molar-refractivity contribution >= 4 is 43.6 Å². The highest BCUT2D eigenvalue weighted by Gasteiger charge is 2.16. The number of para-hydroxylation sites is 4. The van der Waals surface area contributed by atoms with Crippen LogP contribution in [0.1, 0.15) is 5.56 Å². The molecule has 3 nitrogen and oxygen atoms in total. The summed E-state index contributed by atoms with van der Waals surface area (Å²) in [4.78, 5) is 0. The van der Waals surface area contributed by atoms with Gasteiger partial charge in [0.1, 0.15) is 0 Å². The van der Waals surface area contributed by atoms with E-state index < -0.39 is 0 Å². The van der Waals surface area contributed by atoms with Crippen LogP contribution in [0.4, 0.5) is 0 Å². The van der Waals surface area contributed by atoms with Crippen molar-refractivity contribution in [2.75, 3.05) is 0 Å². The maximum absolute atomic E-state index is 9.76. The lowest BCUT2D eigenvalue weighted by Gasteiger charge is -2.13. The number of benzene rings is 8. The Morgan fingerprint density at radius 3 is 1.21 bits per heavy atom. The van der Waals surface area contributed by atoms with Gasteiger partial charge in [0.25, 0.3) is 0 Å². The molecule has 3 heteroatoms. The topological polar surface area (TPSA) is 33.6 Å². The van der Waals surface area contributed by atoms with E-state index in [-0.39, 0.29) is 0 Å². The van der Waals surface area contributed by atoms with Gasteiger partial charge in [0.05, 0.1) is 33.7 Å². The molecule has 0 amide bonds. The van der Waals surface area contributed by atoms with Crippen LogP contribution < -0.4 is 0 Å². The summed E-state index contributed by atoms with van der Waals surface area (Å²) in [5.41, 5.74) is 14.3. The SMILES string of the molecule is N#Cc1cccc(-c2cc(-c3ccc4c(c3)c3ccccc3n4-c3ccccc3)cc(-c3ccc4c(c3)c3ccccc3n4-c3ccccc3)c2)c1. The smallest absolute Gasteiger partial charge is 0.0991 e. The highest BCUT2D eigenvalue weighted by molar-refractivity contribution is 6.12. The first-order valence-electron chi connectivity index (χ1n) is 17.6. The van der Waals surface area contributed by atoms with Gasteiger partial charge in [-0.15, -0.1) is 0 Å². The lowest BCUT2D eigenvalue weighted by molar-refractivity contribution is 1.18. The van der Waals surface area contributed by atoms with E-state index in [9.17, 15) is 5.26 Å². The van der Waals surface area contributed by atoms with E-state index in [4.69, 9.17) is 0 Å². The first-order chi connectivity index (χ1) is 25.7. The molecule has 242 valence electrons. The van der Waals surface area contributed by atoms with Crippen LogP contribution in [0.3, 0.4) is 0 Å². The quantitative estimate of drug-likeness (QED) is 0.181.